The SMILES string of the molecule is CC(=O)OC(C)(C)C.CC1CCN(C(=O)OC(C)(C)C)CC1. The van der Waals surface area contributed by atoms with Crippen molar-refractivity contribution in [3.05, 3.63) is 0 Å². The first-order valence-corrected chi connectivity index (χ1v) is 7.97. The Morgan fingerprint density at radius 2 is 1.32 bits per heavy atom. The van der Waals surface area contributed by atoms with Crippen LogP contribution in [0.2, 0.25) is 0 Å². The highest BCUT2D eigenvalue weighted by atomic mass is 16.6. The zero-order valence-electron chi connectivity index (χ0n) is 15.5. The van der Waals surface area contributed by atoms with Crippen molar-refractivity contribution in [1.29, 1.82) is 0 Å². The Labute approximate surface area is 135 Å². The zero-order chi connectivity index (χ0) is 17.6. The molecule has 0 bridgehead atoms. The van der Waals surface area contributed by atoms with Gasteiger partial charge in [0.15, 0.2) is 0 Å². The summed E-state index contributed by atoms with van der Waals surface area (Å²) in [6.07, 6.45) is 2.03. The minimum Gasteiger partial charge on any atom is -0.460 e. The van der Waals surface area contributed by atoms with Gasteiger partial charge in [0, 0.05) is 20.0 Å². The van der Waals surface area contributed by atoms with E-state index in [1.807, 2.05) is 46.4 Å². The highest BCUT2D eigenvalue weighted by Crippen LogP contribution is 2.18. The topological polar surface area (TPSA) is 55.8 Å². The molecule has 130 valence electrons. The Kier molecular flexibility index (Phi) is 7.91. The van der Waals surface area contributed by atoms with Crippen molar-refractivity contribution in [1.82, 2.24) is 4.90 Å². The molecule has 0 aliphatic carbocycles. The number of nitrogens with zero attached hydrogens (tertiary/aromatic N) is 1. The van der Waals surface area contributed by atoms with E-state index in [2.05, 4.69) is 6.92 Å². The van der Waals surface area contributed by atoms with Gasteiger partial charge in [-0.3, -0.25) is 4.79 Å². The molecule has 1 fully saturated rings. The number of piperidine rings is 1. The van der Waals surface area contributed by atoms with Crippen molar-refractivity contribution in [3.63, 3.8) is 0 Å². The maximum atomic E-state index is 11.6. The third kappa shape index (κ3) is 11.4. The Bertz CT molecular complexity index is 358. The first-order chi connectivity index (χ1) is 9.80. The van der Waals surface area contributed by atoms with Crippen LogP contribution in [0.25, 0.3) is 0 Å². The third-order valence-electron chi connectivity index (χ3n) is 2.89. The second-order valence-corrected chi connectivity index (χ2v) is 7.86. The average molecular weight is 315 g/mol. The summed E-state index contributed by atoms with van der Waals surface area (Å²) in [5.41, 5.74) is -0.702. The summed E-state index contributed by atoms with van der Waals surface area (Å²) in [4.78, 5) is 23.7. The molecule has 1 aliphatic rings. The van der Waals surface area contributed by atoms with Crippen LogP contribution < -0.4 is 0 Å². The molecule has 0 unspecified atom stereocenters. The molecule has 1 heterocycles. The molecule has 0 spiro atoms. The van der Waals surface area contributed by atoms with Crippen LogP contribution in [0.4, 0.5) is 4.79 Å². The number of hydrogen-bond donors (Lipinski definition) is 0. The summed E-state index contributed by atoms with van der Waals surface area (Å²) in [5.74, 6) is 0.520. The highest BCUT2D eigenvalue weighted by Gasteiger charge is 2.25. The molecule has 0 aromatic rings. The summed E-state index contributed by atoms with van der Waals surface area (Å²) in [5, 5.41) is 0. The molecular weight excluding hydrogens is 282 g/mol. The lowest BCUT2D eigenvalue weighted by atomic mass is 10.00. The summed E-state index contributed by atoms with van der Waals surface area (Å²) < 4.78 is 10.1. The van der Waals surface area contributed by atoms with E-state index in [1.54, 1.807) is 0 Å². The van der Waals surface area contributed by atoms with Crippen LogP contribution in [-0.4, -0.2) is 41.3 Å². The molecule has 0 aromatic heterocycles. The van der Waals surface area contributed by atoms with Gasteiger partial charge in [-0.25, -0.2) is 4.79 Å². The predicted molar refractivity (Wildman–Crippen MR) is 87.7 cm³/mol. The Hall–Kier alpha value is -1.26. The van der Waals surface area contributed by atoms with Crippen LogP contribution in [-0.2, 0) is 14.3 Å². The van der Waals surface area contributed by atoms with Crippen LogP contribution in [0, 0.1) is 5.92 Å². The monoisotopic (exact) mass is 315 g/mol. The molecule has 0 atom stereocenters. The molecule has 5 nitrogen and oxygen atoms in total. The number of rotatable bonds is 0. The Morgan fingerprint density at radius 1 is 0.909 bits per heavy atom. The van der Waals surface area contributed by atoms with Gasteiger partial charge in [0.25, 0.3) is 0 Å². The molecule has 1 saturated heterocycles. The Balaban J connectivity index is 0.000000472. The van der Waals surface area contributed by atoms with Gasteiger partial charge in [0.1, 0.15) is 11.2 Å². The van der Waals surface area contributed by atoms with E-state index in [-0.39, 0.29) is 23.3 Å². The number of esters is 1. The highest BCUT2D eigenvalue weighted by molar-refractivity contribution is 5.68. The van der Waals surface area contributed by atoms with Crippen molar-refractivity contribution in [2.45, 2.75) is 79.4 Å². The maximum absolute atomic E-state index is 11.6. The van der Waals surface area contributed by atoms with Gasteiger partial charge in [-0.1, -0.05) is 6.92 Å². The van der Waals surface area contributed by atoms with Crippen LogP contribution in [0.5, 0.6) is 0 Å². The van der Waals surface area contributed by atoms with Crippen LogP contribution in [0.15, 0.2) is 0 Å². The molecule has 1 aliphatic heterocycles. The van der Waals surface area contributed by atoms with Gasteiger partial charge in [0.2, 0.25) is 0 Å². The standard InChI is InChI=1S/C11H21NO2.C6H12O2/c1-9-5-7-12(8-6-9)10(13)14-11(2,3)4;1-5(7)8-6(2,3)4/h9H,5-8H2,1-4H3;1-4H3. The number of carbonyl (C=O) groups excluding carboxylic acids is 2. The van der Waals surface area contributed by atoms with Crippen molar-refractivity contribution in [2.75, 3.05) is 13.1 Å². The molecular formula is C17H33NO4. The number of carbonyl (C=O) groups is 2. The van der Waals surface area contributed by atoms with Gasteiger partial charge in [0.05, 0.1) is 0 Å². The number of ether oxygens (including phenoxy) is 2. The van der Waals surface area contributed by atoms with E-state index < -0.39 is 0 Å². The summed E-state index contributed by atoms with van der Waals surface area (Å²) in [7, 11) is 0. The average Bonchev–Trinajstić information content (AvgIpc) is 2.24. The van der Waals surface area contributed by atoms with Gasteiger partial charge in [-0.2, -0.15) is 0 Å². The summed E-state index contributed by atoms with van der Waals surface area (Å²) in [6.45, 7) is 16.5. The first kappa shape index (κ1) is 20.7. The van der Waals surface area contributed by atoms with Crippen molar-refractivity contribution >= 4 is 12.1 Å². The summed E-state index contributed by atoms with van der Waals surface area (Å²) in [6, 6.07) is 0. The fourth-order valence-electron chi connectivity index (χ4n) is 1.95. The van der Waals surface area contributed by atoms with Crippen molar-refractivity contribution < 1.29 is 19.1 Å². The molecule has 0 N–H and O–H groups in total. The quantitative estimate of drug-likeness (QED) is 0.634. The normalized spacial score (nSPS) is 16.5. The largest absolute Gasteiger partial charge is 0.460 e. The van der Waals surface area contributed by atoms with Gasteiger partial charge in [-0.15, -0.1) is 0 Å². The third-order valence-corrected chi connectivity index (χ3v) is 2.89. The smallest absolute Gasteiger partial charge is 0.410 e. The summed E-state index contributed by atoms with van der Waals surface area (Å²) >= 11 is 0. The van der Waals surface area contributed by atoms with E-state index >= 15 is 0 Å². The molecule has 0 saturated carbocycles. The van der Waals surface area contributed by atoms with Gasteiger partial charge in [-0.05, 0) is 60.3 Å². The molecule has 0 aromatic carbocycles. The van der Waals surface area contributed by atoms with Gasteiger partial charge >= 0.3 is 12.1 Å². The predicted octanol–water partition coefficient (Wildman–Crippen LogP) is 4.00. The lowest BCUT2D eigenvalue weighted by molar-refractivity contribution is -0.151. The minimum atomic E-state index is -0.375. The Morgan fingerprint density at radius 3 is 1.59 bits per heavy atom. The molecule has 22 heavy (non-hydrogen) atoms. The van der Waals surface area contributed by atoms with E-state index in [0.717, 1.165) is 31.8 Å². The fraction of sp³-hybridized carbons (Fsp3) is 0.882. The second kappa shape index (κ2) is 8.39. The fourth-order valence-corrected chi connectivity index (χ4v) is 1.95. The van der Waals surface area contributed by atoms with Gasteiger partial charge < -0.3 is 14.4 Å². The van der Waals surface area contributed by atoms with Crippen molar-refractivity contribution in [2.24, 2.45) is 5.92 Å². The second-order valence-electron chi connectivity index (χ2n) is 7.86. The molecule has 1 rings (SSSR count). The van der Waals surface area contributed by atoms with Crippen LogP contribution in [0.3, 0.4) is 0 Å². The lowest BCUT2D eigenvalue weighted by Gasteiger charge is -2.32. The molecule has 5 heteroatoms. The van der Waals surface area contributed by atoms with E-state index in [9.17, 15) is 9.59 Å². The van der Waals surface area contributed by atoms with E-state index in [4.69, 9.17) is 9.47 Å². The first-order valence-electron chi connectivity index (χ1n) is 7.97. The lowest BCUT2D eigenvalue weighted by Crippen LogP contribution is -2.41. The number of likely N-dealkylation sites (tertiary alicyclic amines) is 1. The molecule has 0 radical (unpaired) electrons. The number of hydrogen-bond acceptors (Lipinski definition) is 4. The van der Waals surface area contributed by atoms with E-state index in [0.29, 0.717) is 0 Å². The minimum absolute atomic E-state index is 0.163. The number of amides is 1. The maximum Gasteiger partial charge on any atom is 0.410 e. The van der Waals surface area contributed by atoms with E-state index in [1.165, 1.54) is 6.92 Å². The molecule has 1 amide bonds. The van der Waals surface area contributed by atoms with Crippen molar-refractivity contribution in [3.8, 4) is 0 Å². The van der Waals surface area contributed by atoms with Crippen LogP contribution in [0.1, 0.15) is 68.2 Å². The zero-order valence-corrected chi connectivity index (χ0v) is 15.5. The van der Waals surface area contributed by atoms with Crippen LogP contribution >= 0.6 is 0 Å².